The molecule has 0 N–H and O–H groups in total. The zero-order valence-corrected chi connectivity index (χ0v) is 34.8. The minimum Gasteiger partial charge on any atom is -0.472 e. The summed E-state index contributed by atoms with van der Waals surface area (Å²) in [6.45, 7) is 3.41. The topological polar surface area (TPSA) is 202 Å². The number of methoxy groups -OCH3 is 2. The number of ether oxygens (including phenoxy) is 4. The van der Waals surface area contributed by atoms with Crippen LogP contribution in [0.1, 0.15) is 13.8 Å². The van der Waals surface area contributed by atoms with E-state index in [0.717, 1.165) is 11.4 Å². The normalized spacial score (nSPS) is 12.1. The Bertz CT molecular complexity index is 2010. The van der Waals surface area contributed by atoms with Gasteiger partial charge in [0, 0.05) is 48.8 Å². The molecule has 4 rings (SSSR count). The number of aldehydes is 1. The fraction of sp³-hybridized carbons (Fsp3) is 0.306. The maximum atomic E-state index is 12.0. The van der Waals surface area contributed by atoms with E-state index in [4.69, 9.17) is 41.7 Å². The molecule has 0 spiro atoms. The van der Waals surface area contributed by atoms with Gasteiger partial charge in [0.2, 0.25) is 11.8 Å². The zero-order chi connectivity index (χ0) is 42.4. The summed E-state index contributed by atoms with van der Waals surface area (Å²) in [6.07, 6.45) is 5.90. The minimum absolute atomic E-state index is 0.0115. The number of oxime groups is 2. The van der Waals surface area contributed by atoms with E-state index in [1.54, 1.807) is 71.2 Å². The lowest BCUT2D eigenvalue weighted by Gasteiger charge is -2.20. The molecule has 2 heterocycles. The van der Waals surface area contributed by atoms with E-state index in [1.807, 2.05) is 24.3 Å². The van der Waals surface area contributed by atoms with Gasteiger partial charge in [-0.3, -0.25) is 9.36 Å². The van der Waals surface area contributed by atoms with Crippen LogP contribution in [0, 0.1) is 0 Å². The fourth-order valence-electron chi connectivity index (χ4n) is 4.20. The summed E-state index contributed by atoms with van der Waals surface area (Å²) in [5.41, 5.74) is 1.37. The number of hydrogen-bond acceptors (Lipinski definition) is 16. The summed E-state index contributed by atoms with van der Waals surface area (Å²) in [6, 6.07) is 18.0. The molecule has 0 fully saturated rings. The Morgan fingerprint density at radius 2 is 1.19 bits per heavy atom. The molecule has 0 bridgehead atoms. The van der Waals surface area contributed by atoms with E-state index in [-0.39, 0.29) is 24.6 Å². The molecule has 0 radical (unpaired) electrons. The molecule has 308 valence electrons. The van der Waals surface area contributed by atoms with Crippen molar-refractivity contribution in [1.29, 1.82) is 0 Å². The predicted octanol–water partition coefficient (Wildman–Crippen LogP) is 6.17. The van der Waals surface area contributed by atoms with Crippen molar-refractivity contribution in [3.05, 3.63) is 94.8 Å². The van der Waals surface area contributed by atoms with Crippen LogP contribution in [0.25, 0.3) is 11.4 Å². The minimum atomic E-state index is -3.44. The molecule has 1 atom stereocenters. The van der Waals surface area contributed by atoms with E-state index in [2.05, 4.69) is 39.7 Å². The third kappa shape index (κ3) is 15.2. The smallest absolute Gasteiger partial charge is 0.360 e. The molecule has 1 unspecified atom stereocenters. The predicted molar refractivity (Wildman–Crippen MR) is 212 cm³/mol. The highest BCUT2D eigenvalue weighted by atomic mass is 35.5. The van der Waals surface area contributed by atoms with E-state index in [1.165, 1.54) is 49.6 Å². The molecular formula is C36H43Cl2N6O12P. The maximum absolute atomic E-state index is 12.0. The molecule has 4 aromatic rings. The average molecular weight is 854 g/mol. The Morgan fingerprint density at radius 1 is 0.737 bits per heavy atom. The highest BCUT2D eigenvalue weighted by Gasteiger charge is 2.38. The van der Waals surface area contributed by atoms with Gasteiger partial charge in [-0.15, -0.1) is 10.2 Å². The Kier molecular flexibility index (Phi) is 20.8. The zero-order valence-electron chi connectivity index (χ0n) is 32.4. The maximum Gasteiger partial charge on any atom is 0.360 e. The number of benzene rings is 2. The van der Waals surface area contributed by atoms with Crippen LogP contribution in [-0.2, 0) is 47.1 Å². The van der Waals surface area contributed by atoms with E-state index >= 15 is 0 Å². The van der Waals surface area contributed by atoms with Gasteiger partial charge >= 0.3 is 19.5 Å². The van der Waals surface area contributed by atoms with Gasteiger partial charge in [0.05, 0.1) is 25.6 Å². The first kappa shape index (κ1) is 47.6. The van der Waals surface area contributed by atoms with Gasteiger partial charge in [-0.25, -0.2) is 19.0 Å². The van der Waals surface area contributed by atoms with Crippen molar-refractivity contribution in [1.82, 2.24) is 19.6 Å². The average Bonchev–Trinajstić information content (AvgIpc) is 3.91. The van der Waals surface area contributed by atoms with Gasteiger partial charge in [-0.1, -0.05) is 33.5 Å². The molecule has 0 aliphatic rings. The van der Waals surface area contributed by atoms with Crippen LogP contribution in [-0.4, -0.2) is 111 Å². The van der Waals surface area contributed by atoms with Crippen molar-refractivity contribution >= 4 is 60.4 Å². The van der Waals surface area contributed by atoms with Gasteiger partial charge in [0.25, 0.3) is 0 Å². The molecular weight excluding hydrogens is 810 g/mol. The Hall–Kier alpha value is -5.52. The van der Waals surface area contributed by atoms with Gasteiger partial charge in [0.15, 0.2) is 17.7 Å². The number of carbonyl (C=O) groups excluding carboxylic acids is 3. The van der Waals surface area contributed by atoms with Crippen molar-refractivity contribution in [3.8, 4) is 23.1 Å². The first-order valence-electron chi connectivity index (χ1n) is 16.4. The van der Waals surface area contributed by atoms with Gasteiger partial charge in [-0.2, -0.15) is 0 Å². The summed E-state index contributed by atoms with van der Waals surface area (Å²) in [4.78, 5) is 42.2. The fourth-order valence-corrected chi connectivity index (χ4v) is 5.68. The number of hydrogen-bond donors (Lipinski definition) is 0. The number of nitrogens with zero attached hydrogens (tertiary/aromatic N) is 6. The second-order valence-corrected chi connectivity index (χ2v) is 14.1. The number of rotatable bonds is 17. The van der Waals surface area contributed by atoms with Crippen molar-refractivity contribution in [3.63, 3.8) is 0 Å². The van der Waals surface area contributed by atoms with Gasteiger partial charge < -0.3 is 37.7 Å². The summed E-state index contributed by atoms with van der Waals surface area (Å²) < 4.78 is 44.6. The number of carbonyl (C=O) groups is 3. The Labute approximate surface area is 339 Å². The largest absolute Gasteiger partial charge is 0.472 e. The lowest BCUT2D eigenvalue weighted by molar-refractivity contribution is -0.133. The first-order valence-corrected chi connectivity index (χ1v) is 18.8. The van der Waals surface area contributed by atoms with Crippen molar-refractivity contribution in [2.24, 2.45) is 10.3 Å². The molecule has 0 aliphatic heterocycles. The first-order chi connectivity index (χ1) is 27.3. The quantitative estimate of drug-likeness (QED) is 0.0384. The summed E-state index contributed by atoms with van der Waals surface area (Å²) in [7, 11) is 4.10. The van der Waals surface area contributed by atoms with Crippen LogP contribution in [0.15, 0.2) is 95.0 Å². The number of esters is 2. The molecule has 0 aliphatic carbocycles. The lowest BCUT2D eigenvalue weighted by Crippen LogP contribution is -2.28. The highest BCUT2D eigenvalue weighted by molar-refractivity contribution is 7.56. The lowest BCUT2D eigenvalue weighted by atomic mass is 10.2. The number of halogens is 2. The molecule has 57 heavy (non-hydrogen) atoms. The van der Waals surface area contributed by atoms with E-state index in [0.29, 0.717) is 33.7 Å². The molecule has 21 heteroatoms. The molecule has 0 amide bonds. The molecule has 18 nitrogen and oxygen atoms in total. The van der Waals surface area contributed by atoms with Crippen molar-refractivity contribution in [2.75, 3.05) is 55.9 Å². The number of aromatic nitrogens is 4. The third-order valence-electron chi connectivity index (χ3n) is 7.13. The third-order valence-corrected chi connectivity index (χ3v) is 9.84. The SMILES string of the molecule is CO/N=C(/C(=O)OC)C(C)P(=O)(OC)OC.CO/N=C(C(=O)OC)\C(C)=C/COc1ccn(-c2ccc(Cl)cc2)n1.O=CCOc1ccn(-c2ccc(Cl)cc2)n1. The summed E-state index contributed by atoms with van der Waals surface area (Å²) in [5.74, 6) is -0.462. The molecule has 0 saturated heterocycles. The van der Waals surface area contributed by atoms with Crippen LogP contribution in [0.4, 0.5) is 0 Å². The molecule has 2 aromatic carbocycles. The van der Waals surface area contributed by atoms with Crippen LogP contribution < -0.4 is 9.47 Å². The van der Waals surface area contributed by atoms with Crippen LogP contribution >= 0.6 is 30.8 Å². The van der Waals surface area contributed by atoms with Gasteiger partial charge in [0.1, 0.15) is 33.1 Å². The monoisotopic (exact) mass is 852 g/mol. The second-order valence-electron chi connectivity index (χ2n) is 10.7. The van der Waals surface area contributed by atoms with Crippen molar-refractivity contribution < 1.29 is 56.6 Å². The second kappa shape index (κ2) is 24.9. The van der Waals surface area contributed by atoms with Crippen molar-refractivity contribution in [2.45, 2.75) is 19.5 Å². The van der Waals surface area contributed by atoms with Crippen LogP contribution in [0.3, 0.4) is 0 Å². The Morgan fingerprint density at radius 3 is 1.60 bits per heavy atom. The van der Waals surface area contributed by atoms with E-state index in [9.17, 15) is 18.9 Å². The van der Waals surface area contributed by atoms with Crippen LogP contribution in [0.5, 0.6) is 11.8 Å². The standard InChI is InChI=1S/C17H18ClN3O4.C11H9ClN2O2.C8H16NO6P/c1-12(16(20-24-3)17(22)23-2)9-11-25-15-8-10-21(19-15)14-6-4-13(18)5-7-14;12-9-1-3-10(4-2-9)14-6-5-11(13-14)16-8-7-15;1-6(16(11,14-4)15-5)7(9-13-3)8(10)12-2/h4-10H,11H2,1-3H3;1-7H,8H2;6H,1-5H3/b12-9-,20-16+;;9-7+. The Balaban J connectivity index is 0.000000308. The molecule has 0 saturated carbocycles. The summed E-state index contributed by atoms with van der Waals surface area (Å²) in [5, 5.41) is 16.9. The van der Waals surface area contributed by atoms with Gasteiger partial charge in [-0.05, 0) is 74.0 Å². The highest BCUT2D eigenvalue weighted by Crippen LogP contribution is 2.52. The molecule has 2 aromatic heterocycles. The van der Waals surface area contributed by atoms with Crippen LogP contribution in [0.2, 0.25) is 10.0 Å². The summed E-state index contributed by atoms with van der Waals surface area (Å²) >= 11 is 11.7. The van der Waals surface area contributed by atoms with E-state index < -0.39 is 25.2 Å².